The third kappa shape index (κ3) is 5.93. The average Bonchev–Trinajstić information content (AvgIpc) is 3.50. The van der Waals surface area contributed by atoms with Crippen LogP contribution >= 0.6 is 22.9 Å². The van der Waals surface area contributed by atoms with E-state index in [1.807, 2.05) is 0 Å². The van der Waals surface area contributed by atoms with Crippen LogP contribution in [0, 0.1) is 0 Å². The van der Waals surface area contributed by atoms with Crippen LogP contribution in [0.1, 0.15) is 10.5 Å². The molecule has 4 rings (SSSR count). The third-order valence-electron chi connectivity index (χ3n) is 5.35. The Kier molecular flexibility index (Phi) is 7.67. The van der Waals surface area contributed by atoms with Crippen molar-refractivity contribution in [2.45, 2.75) is 4.90 Å². The van der Waals surface area contributed by atoms with Crippen LogP contribution in [0.5, 0.6) is 0 Å². The van der Waals surface area contributed by atoms with Gasteiger partial charge in [0.15, 0.2) is 15.5 Å². The van der Waals surface area contributed by atoms with Crippen molar-refractivity contribution in [1.82, 2.24) is 14.7 Å². The summed E-state index contributed by atoms with van der Waals surface area (Å²) in [7, 11) is -3.41. The van der Waals surface area contributed by atoms with Crippen molar-refractivity contribution in [3.63, 3.8) is 0 Å². The molecule has 13 heteroatoms. The number of amides is 1. The molecule has 0 saturated heterocycles. The Labute approximate surface area is 226 Å². The smallest absolute Gasteiger partial charge is 0.323 e. The van der Waals surface area contributed by atoms with Crippen LogP contribution in [-0.2, 0) is 19.4 Å². The Hall–Kier alpha value is -4.00. The molecule has 0 saturated carbocycles. The highest BCUT2D eigenvalue weighted by molar-refractivity contribution is 7.90. The minimum absolute atomic E-state index is 0.170. The van der Waals surface area contributed by atoms with Crippen molar-refractivity contribution in [2.75, 3.05) is 19.3 Å². The van der Waals surface area contributed by atoms with Crippen molar-refractivity contribution < 1.29 is 33.0 Å². The maximum absolute atomic E-state index is 13.1. The number of para-hydroxylation sites is 1. The summed E-state index contributed by atoms with van der Waals surface area (Å²) >= 11 is 7.72. The molecule has 2 heterocycles. The maximum atomic E-state index is 13.1. The van der Waals surface area contributed by atoms with E-state index in [9.17, 15) is 22.8 Å². The van der Waals surface area contributed by atoms with Gasteiger partial charge in [0.25, 0.3) is 5.91 Å². The van der Waals surface area contributed by atoms with Gasteiger partial charge in [-0.2, -0.15) is 5.10 Å². The largest absolute Gasteiger partial charge is 0.480 e. The lowest BCUT2D eigenvalue weighted by molar-refractivity contribution is -0.140. The molecule has 196 valence electrons. The van der Waals surface area contributed by atoms with Gasteiger partial charge in [0.1, 0.15) is 13.1 Å². The molecule has 0 aliphatic rings. The van der Waals surface area contributed by atoms with Crippen molar-refractivity contribution in [3.05, 3.63) is 77.4 Å². The average molecular weight is 574 g/mol. The van der Waals surface area contributed by atoms with Crippen LogP contribution in [0.3, 0.4) is 0 Å². The van der Waals surface area contributed by atoms with Gasteiger partial charge < -0.3 is 15.1 Å². The normalized spacial score (nSPS) is 11.3. The molecule has 10 nitrogen and oxygen atoms in total. The van der Waals surface area contributed by atoms with E-state index in [1.165, 1.54) is 28.2 Å². The molecule has 0 radical (unpaired) electrons. The predicted octanol–water partition coefficient (Wildman–Crippen LogP) is 3.94. The summed E-state index contributed by atoms with van der Waals surface area (Å²) < 4.78 is 25.4. The van der Waals surface area contributed by atoms with E-state index in [-0.39, 0.29) is 10.6 Å². The van der Waals surface area contributed by atoms with E-state index < -0.39 is 40.8 Å². The zero-order valence-corrected chi connectivity index (χ0v) is 22.1. The molecule has 0 fully saturated rings. The summed E-state index contributed by atoms with van der Waals surface area (Å²) in [4.78, 5) is 37.9. The summed E-state index contributed by atoms with van der Waals surface area (Å²) in [5, 5.41) is 23.0. The van der Waals surface area contributed by atoms with E-state index in [1.54, 1.807) is 54.6 Å². The first-order valence-corrected chi connectivity index (χ1v) is 14.0. The Morgan fingerprint density at radius 3 is 2.24 bits per heavy atom. The number of carboxylic acid groups (broad SMARTS) is 2. The number of carbonyl (C=O) groups is 3. The topological polar surface area (TPSA) is 147 Å². The van der Waals surface area contributed by atoms with Crippen LogP contribution in [0.4, 0.5) is 0 Å². The minimum Gasteiger partial charge on any atom is -0.480 e. The van der Waals surface area contributed by atoms with Gasteiger partial charge in [0.05, 0.1) is 26.2 Å². The van der Waals surface area contributed by atoms with E-state index in [0.29, 0.717) is 31.7 Å². The summed E-state index contributed by atoms with van der Waals surface area (Å²) in [5.41, 5.74) is 1.40. The van der Waals surface area contributed by atoms with Gasteiger partial charge in [0, 0.05) is 11.1 Å². The molecule has 1 amide bonds. The summed E-state index contributed by atoms with van der Waals surface area (Å²) in [5.74, 6) is -3.62. The quantitative estimate of drug-likeness (QED) is 0.306. The molecule has 0 bridgehead atoms. The van der Waals surface area contributed by atoms with E-state index >= 15 is 0 Å². The second-order valence-electron chi connectivity index (χ2n) is 8.19. The van der Waals surface area contributed by atoms with Crippen molar-refractivity contribution in [1.29, 1.82) is 0 Å². The summed E-state index contributed by atoms with van der Waals surface area (Å²) in [6.45, 7) is -1.64. The molecule has 2 aromatic carbocycles. The van der Waals surface area contributed by atoms with Gasteiger partial charge in [-0.3, -0.25) is 14.4 Å². The van der Waals surface area contributed by atoms with Crippen LogP contribution in [0.2, 0.25) is 5.02 Å². The van der Waals surface area contributed by atoms with Gasteiger partial charge in [-0.05, 0) is 48.0 Å². The first-order valence-electron chi connectivity index (χ1n) is 10.9. The van der Waals surface area contributed by atoms with Crippen LogP contribution in [0.15, 0.2) is 71.6 Å². The number of hydrogen-bond donors (Lipinski definition) is 2. The predicted molar refractivity (Wildman–Crippen MR) is 142 cm³/mol. The number of nitrogens with zero attached hydrogens (tertiary/aromatic N) is 3. The number of aromatic nitrogens is 2. The van der Waals surface area contributed by atoms with Gasteiger partial charge in [-0.1, -0.05) is 35.9 Å². The standard InChI is InChI=1S/C25H20ClN3O7S2/c1-38(35,36)16-6-4-5-15(11-16)21-9-10-22(37-21)20-12-18(25(34)28(13-23(30)31)14-24(32)33)27-29(20)19-8-3-2-7-17(19)26/h2-12H,13-14H2,1H3,(H,30,31)(H,32,33). The molecular weight excluding hydrogens is 554 g/mol. The lowest BCUT2D eigenvalue weighted by Crippen LogP contribution is -2.39. The summed E-state index contributed by atoms with van der Waals surface area (Å²) in [6.07, 6.45) is 1.13. The molecule has 0 spiro atoms. The van der Waals surface area contributed by atoms with Crippen molar-refractivity contribution >= 4 is 50.6 Å². The van der Waals surface area contributed by atoms with E-state index in [2.05, 4.69) is 5.10 Å². The first kappa shape index (κ1) is 27.0. The third-order valence-corrected chi connectivity index (χ3v) is 7.94. The second-order valence-corrected chi connectivity index (χ2v) is 11.7. The van der Waals surface area contributed by atoms with Crippen LogP contribution < -0.4 is 0 Å². The molecule has 0 aliphatic carbocycles. The number of thiophene rings is 1. The number of benzene rings is 2. The molecule has 2 N–H and O–H groups in total. The monoisotopic (exact) mass is 573 g/mol. The second kappa shape index (κ2) is 10.8. The van der Waals surface area contributed by atoms with Crippen LogP contribution in [0.25, 0.3) is 26.7 Å². The number of rotatable bonds is 9. The fourth-order valence-electron chi connectivity index (χ4n) is 3.67. The molecule has 38 heavy (non-hydrogen) atoms. The number of halogens is 1. The van der Waals surface area contributed by atoms with Crippen molar-refractivity contribution in [3.8, 4) is 26.7 Å². The lowest BCUT2D eigenvalue weighted by Gasteiger charge is -2.16. The minimum atomic E-state index is -3.41. The zero-order chi connectivity index (χ0) is 27.6. The van der Waals surface area contributed by atoms with E-state index in [0.717, 1.165) is 11.1 Å². The molecule has 2 aromatic heterocycles. The highest BCUT2D eigenvalue weighted by Gasteiger charge is 2.26. The molecule has 0 atom stereocenters. The Morgan fingerprint density at radius 2 is 1.61 bits per heavy atom. The van der Waals surface area contributed by atoms with Gasteiger partial charge in [-0.15, -0.1) is 11.3 Å². The number of carboxylic acids is 2. The van der Waals surface area contributed by atoms with Gasteiger partial charge in [0.2, 0.25) is 0 Å². The number of hydrogen-bond acceptors (Lipinski definition) is 7. The fraction of sp³-hybridized carbons (Fsp3) is 0.120. The number of carbonyl (C=O) groups excluding carboxylic acids is 1. The highest BCUT2D eigenvalue weighted by atomic mass is 35.5. The Bertz CT molecular complexity index is 1640. The van der Waals surface area contributed by atoms with Gasteiger partial charge >= 0.3 is 11.9 Å². The van der Waals surface area contributed by atoms with Gasteiger partial charge in [-0.25, -0.2) is 13.1 Å². The van der Waals surface area contributed by atoms with Crippen molar-refractivity contribution in [2.24, 2.45) is 0 Å². The maximum Gasteiger partial charge on any atom is 0.323 e. The zero-order valence-electron chi connectivity index (χ0n) is 19.7. The molecule has 0 unspecified atom stereocenters. The number of aliphatic carboxylic acids is 2. The molecule has 0 aliphatic heterocycles. The van der Waals surface area contributed by atoms with E-state index in [4.69, 9.17) is 21.8 Å². The fourth-order valence-corrected chi connectivity index (χ4v) is 5.55. The first-order chi connectivity index (χ1) is 17.9. The summed E-state index contributed by atoms with van der Waals surface area (Å²) in [6, 6.07) is 18.3. The molecule has 4 aromatic rings. The number of sulfone groups is 1. The van der Waals surface area contributed by atoms with Crippen LogP contribution in [-0.4, -0.2) is 70.5 Å². The lowest BCUT2D eigenvalue weighted by atomic mass is 10.2. The Morgan fingerprint density at radius 1 is 0.947 bits per heavy atom. The SMILES string of the molecule is CS(=O)(=O)c1cccc(-c2ccc(-c3cc(C(=O)N(CC(=O)O)CC(=O)O)nn3-c3ccccc3Cl)s2)c1. The highest BCUT2D eigenvalue weighted by Crippen LogP contribution is 2.37. The molecular formula is C25H20ClN3O7S2. The Balaban J connectivity index is 1.82.